The number of ether oxygens (including phenoxy) is 1. The summed E-state index contributed by atoms with van der Waals surface area (Å²) in [6.07, 6.45) is 5.68. The molecule has 1 fully saturated rings. The van der Waals surface area contributed by atoms with Crippen LogP contribution in [0.25, 0.3) is 11.2 Å². The van der Waals surface area contributed by atoms with E-state index in [1.54, 1.807) is 19.8 Å². The van der Waals surface area contributed by atoms with Crippen molar-refractivity contribution in [2.45, 2.75) is 18.9 Å². The molecule has 1 aliphatic heterocycles. The zero-order chi connectivity index (χ0) is 13.8. The monoisotopic (exact) mass is 276 g/mol. The standard InChI is InChI=1S/C13H20N6O/c1-20-6-5-19(7-10-3-2-4-14-10)13-11-12(16-8-15-11)17-9-18-13/h8-10,14H,2-7H2,1H3,(H,15,16,17,18). The summed E-state index contributed by atoms with van der Waals surface area (Å²) in [5.41, 5.74) is 1.60. The van der Waals surface area contributed by atoms with Crippen LogP contribution in [0.1, 0.15) is 12.8 Å². The normalized spacial score (nSPS) is 18.8. The van der Waals surface area contributed by atoms with Gasteiger partial charge in [-0.15, -0.1) is 0 Å². The van der Waals surface area contributed by atoms with E-state index in [1.165, 1.54) is 12.8 Å². The molecule has 1 aliphatic rings. The highest BCUT2D eigenvalue weighted by molar-refractivity contribution is 5.82. The largest absolute Gasteiger partial charge is 0.383 e. The SMILES string of the molecule is COCCN(CC1CCCN1)c1ncnc2nc[nH]c12. The molecule has 3 rings (SSSR count). The Kier molecular flexibility index (Phi) is 4.08. The summed E-state index contributed by atoms with van der Waals surface area (Å²) in [7, 11) is 1.72. The van der Waals surface area contributed by atoms with Gasteiger partial charge in [-0.25, -0.2) is 15.0 Å². The Balaban J connectivity index is 1.84. The number of hydrogen-bond acceptors (Lipinski definition) is 6. The fourth-order valence-corrected chi connectivity index (χ4v) is 2.66. The van der Waals surface area contributed by atoms with Gasteiger partial charge in [0.2, 0.25) is 0 Å². The number of H-pyrrole nitrogens is 1. The number of rotatable bonds is 6. The fourth-order valence-electron chi connectivity index (χ4n) is 2.66. The van der Waals surface area contributed by atoms with Gasteiger partial charge in [0.05, 0.1) is 12.9 Å². The second-order valence-electron chi connectivity index (χ2n) is 5.03. The Morgan fingerprint density at radius 3 is 3.15 bits per heavy atom. The van der Waals surface area contributed by atoms with Gasteiger partial charge in [0.25, 0.3) is 0 Å². The minimum atomic E-state index is 0.514. The summed E-state index contributed by atoms with van der Waals surface area (Å²) >= 11 is 0. The third-order valence-electron chi connectivity index (χ3n) is 3.67. The minimum absolute atomic E-state index is 0.514. The van der Waals surface area contributed by atoms with Crippen LogP contribution < -0.4 is 10.2 Å². The van der Waals surface area contributed by atoms with Gasteiger partial charge in [0.15, 0.2) is 11.5 Å². The van der Waals surface area contributed by atoms with Crippen molar-refractivity contribution in [3.05, 3.63) is 12.7 Å². The van der Waals surface area contributed by atoms with Gasteiger partial charge in [0.1, 0.15) is 11.8 Å². The van der Waals surface area contributed by atoms with Crippen LogP contribution in [0.3, 0.4) is 0 Å². The summed E-state index contributed by atoms with van der Waals surface area (Å²) in [5, 5.41) is 3.52. The van der Waals surface area contributed by atoms with Crippen LogP contribution in [-0.2, 0) is 4.74 Å². The van der Waals surface area contributed by atoms with E-state index in [9.17, 15) is 0 Å². The van der Waals surface area contributed by atoms with Crippen LogP contribution in [0.15, 0.2) is 12.7 Å². The zero-order valence-electron chi connectivity index (χ0n) is 11.7. The highest BCUT2D eigenvalue weighted by atomic mass is 16.5. The molecule has 2 N–H and O–H groups in total. The minimum Gasteiger partial charge on any atom is -0.383 e. The average molecular weight is 276 g/mol. The molecule has 0 saturated carbocycles. The Labute approximate surface area is 117 Å². The molecular weight excluding hydrogens is 256 g/mol. The second-order valence-corrected chi connectivity index (χ2v) is 5.03. The molecule has 2 aromatic heterocycles. The number of nitrogens with one attached hydrogen (secondary N) is 2. The number of nitrogens with zero attached hydrogens (tertiary/aromatic N) is 4. The van der Waals surface area contributed by atoms with Crippen molar-refractivity contribution in [2.75, 3.05) is 38.3 Å². The van der Waals surface area contributed by atoms with Crippen LogP contribution >= 0.6 is 0 Å². The van der Waals surface area contributed by atoms with Crippen LogP contribution in [0.5, 0.6) is 0 Å². The topological polar surface area (TPSA) is 79.0 Å². The maximum absolute atomic E-state index is 5.22. The van der Waals surface area contributed by atoms with Crippen LogP contribution in [0.2, 0.25) is 0 Å². The number of methoxy groups -OCH3 is 1. The van der Waals surface area contributed by atoms with Gasteiger partial charge in [-0.1, -0.05) is 0 Å². The van der Waals surface area contributed by atoms with E-state index in [1.807, 2.05) is 0 Å². The predicted octanol–water partition coefficient (Wildman–Crippen LogP) is 0.558. The summed E-state index contributed by atoms with van der Waals surface area (Å²) < 4.78 is 5.22. The molecule has 0 spiro atoms. The van der Waals surface area contributed by atoms with Gasteiger partial charge in [0, 0.05) is 26.2 Å². The van der Waals surface area contributed by atoms with Gasteiger partial charge in [-0.3, -0.25) is 0 Å². The van der Waals surface area contributed by atoms with Crippen molar-refractivity contribution in [3.8, 4) is 0 Å². The van der Waals surface area contributed by atoms with E-state index in [4.69, 9.17) is 4.74 Å². The lowest BCUT2D eigenvalue weighted by Crippen LogP contribution is -2.39. The quantitative estimate of drug-likeness (QED) is 0.802. The number of aromatic amines is 1. The smallest absolute Gasteiger partial charge is 0.182 e. The molecule has 108 valence electrons. The lowest BCUT2D eigenvalue weighted by Gasteiger charge is -2.26. The Bertz CT molecular complexity index is 551. The van der Waals surface area contributed by atoms with E-state index < -0.39 is 0 Å². The molecule has 2 aromatic rings. The summed E-state index contributed by atoms with van der Waals surface area (Å²) in [4.78, 5) is 18.2. The maximum atomic E-state index is 5.22. The van der Waals surface area contributed by atoms with Crippen LogP contribution in [-0.4, -0.2) is 59.3 Å². The molecule has 0 radical (unpaired) electrons. The Morgan fingerprint density at radius 1 is 1.40 bits per heavy atom. The molecule has 20 heavy (non-hydrogen) atoms. The summed E-state index contributed by atoms with van der Waals surface area (Å²) in [6, 6.07) is 0.514. The van der Waals surface area contributed by atoms with Crippen LogP contribution in [0, 0.1) is 0 Å². The van der Waals surface area contributed by atoms with Crippen molar-refractivity contribution in [1.29, 1.82) is 0 Å². The fraction of sp³-hybridized carbons (Fsp3) is 0.615. The average Bonchev–Trinajstić information content (AvgIpc) is 3.13. The summed E-state index contributed by atoms with van der Waals surface area (Å²) in [5.74, 6) is 0.901. The highest BCUT2D eigenvalue weighted by Crippen LogP contribution is 2.20. The molecule has 0 amide bonds. The van der Waals surface area contributed by atoms with Crippen molar-refractivity contribution < 1.29 is 4.74 Å². The van der Waals surface area contributed by atoms with Crippen molar-refractivity contribution in [3.63, 3.8) is 0 Å². The van der Waals surface area contributed by atoms with E-state index in [2.05, 4.69) is 30.2 Å². The molecule has 1 saturated heterocycles. The molecule has 0 bridgehead atoms. The Morgan fingerprint density at radius 2 is 2.35 bits per heavy atom. The van der Waals surface area contributed by atoms with Crippen molar-refractivity contribution >= 4 is 17.0 Å². The number of fused-ring (bicyclic) bond motifs is 1. The molecule has 7 heteroatoms. The molecule has 1 unspecified atom stereocenters. The van der Waals surface area contributed by atoms with Crippen molar-refractivity contribution in [2.24, 2.45) is 0 Å². The first-order valence-electron chi connectivity index (χ1n) is 7.00. The second kappa shape index (κ2) is 6.15. The molecule has 0 aliphatic carbocycles. The molecular formula is C13H20N6O. The van der Waals surface area contributed by atoms with E-state index in [-0.39, 0.29) is 0 Å². The zero-order valence-corrected chi connectivity index (χ0v) is 11.7. The number of anilines is 1. The first-order chi connectivity index (χ1) is 9.88. The Hall–Kier alpha value is -1.73. The number of hydrogen-bond donors (Lipinski definition) is 2. The summed E-state index contributed by atoms with van der Waals surface area (Å²) in [6.45, 7) is 3.51. The first kappa shape index (κ1) is 13.3. The van der Waals surface area contributed by atoms with Gasteiger partial charge in [-0.2, -0.15) is 0 Å². The predicted molar refractivity (Wildman–Crippen MR) is 76.8 cm³/mol. The van der Waals surface area contributed by atoms with Gasteiger partial charge in [-0.05, 0) is 19.4 Å². The van der Waals surface area contributed by atoms with Crippen molar-refractivity contribution in [1.82, 2.24) is 25.3 Å². The molecule has 3 heterocycles. The van der Waals surface area contributed by atoms with E-state index in [0.29, 0.717) is 18.3 Å². The number of imidazole rings is 1. The number of aromatic nitrogens is 4. The first-order valence-corrected chi connectivity index (χ1v) is 7.00. The van der Waals surface area contributed by atoms with Crippen LogP contribution in [0.4, 0.5) is 5.82 Å². The third-order valence-corrected chi connectivity index (χ3v) is 3.67. The molecule has 1 atom stereocenters. The molecule has 7 nitrogen and oxygen atoms in total. The van der Waals surface area contributed by atoms with Gasteiger partial charge < -0.3 is 19.9 Å². The maximum Gasteiger partial charge on any atom is 0.182 e. The van der Waals surface area contributed by atoms with Gasteiger partial charge >= 0.3 is 0 Å². The van der Waals surface area contributed by atoms with E-state index >= 15 is 0 Å². The highest BCUT2D eigenvalue weighted by Gasteiger charge is 2.20. The lowest BCUT2D eigenvalue weighted by atomic mass is 10.2. The van der Waals surface area contributed by atoms with E-state index in [0.717, 1.165) is 31.0 Å². The molecule has 0 aromatic carbocycles. The third kappa shape index (κ3) is 2.73. The lowest BCUT2D eigenvalue weighted by molar-refractivity contribution is 0.204.